The van der Waals surface area contributed by atoms with Gasteiger partial charge in [0.05, 0.1) is 29.2 Å². The van der Waals surface area contributed by atoms with Crippen LogP contribution in [0.25, 0.3) is 0 Å². The second-order valence-electron chi connectivity index (χ2n) is 9.95. The molecular weight excluding hydrogens is 426 g/mol. The number of hydrogen-bond donors (Lipinski definition) is 1. The normalized spacial score (nSPS) is 38.5. The number of thioether (sulfide) groups is 1. The topological polar surface area (TPSA) is 81.2 Å². The Balaban J connectivity index is 1.60. The van der Waals surface area contributed by atoms with E-state index in [-0.39, 0.29) is 35.6 Å². The highest BCUT2D eigenvalue weighted by Crippen LogP contribution is 2.61. The predicted molar refractivity (Wildman–Crippen MR) is 123 cm³/mol. The Morgan fingerprint density at radius 2 is 1.84 bits per heavy atom. The molecule has 1 unspecified atom stereocenters. The van der Waals surface area contributed by atoms with E-state index in [9.17, 15) is 19.5 Å². The van der Waals surface area contributed by atoms with Crippen LogP contribution in [0.5, 0.6) is 0 Å². The number of fused-ring (bicyclic) bond motifs is 2. The molecule has 5 aliphatic rings. The van der Waals surface area contributed by atoms with Crippen LogP contribution >= 0.6 is 11.8 Å². The van der Waals surface area contributed by atoms with Crippen molar-refractivity contribution in [1.82, 2.24) is 14.7 Å². The summed E-state index contributed by atoms with van der Waals surface area (Å²) < 4.78 is -0.783. The third-order valence-electron chi connectivity index (χ3n) is 8.08. The third-order valence-corrected chi connectivity index (χ3v) is 9.83. The molecule has 4 heterocycles. The van der Waals surface area contributed by atoms with Gasteiger partial charge < -0.3 is 19.8 Å². The lowest BCUT2D eigenvalue weighted by Crippen LogP contribution is -2.57. The van der Waals surface area contributed by atoms with Gasteiger partial charge in [-0.25, -0.2) is 0 Å². The van der Waals surface area contributed by atoms with Gasteiger partial charge in [0, 0.05) is 31.4 Å². The zero-order valence-electron chi connectivity index (χ0n) is 18.9. The SMILES string of the molecule is C[C@H](CO)N1C(=O)[C@@H]2[C@@H]3C(=O)N(C)CC=C[C@@H]3S[C@@]23C=CCN(C2CCCCC2)C(=O)C13. The first-order valence-corrected chi connectivity index (χ1v) is 12.8. The third kappa shape index (κ3) is 3.09. The molecule has 0 aromatic heterocycles. The minimum atomic E-state index is -0.783. The van der Waals surface area contributed by atoms with Crippen LogP contribution in [0.3, 0.4) is 0 Å². The summed E-state index contributed by atoms with van der Waals surface area (Å²) in [6.07, 6.45) is 13.6. The van der Waals surface area contributed by atoms with Crippen LogP contribution in [0.4, 0.5) is 0 Å². The van der Waals surface area contributed by atoms with Crippen molar-refractivity contribution in [2.75, 3.05) is 26.7 Å². The molecule has 1 N–H and O–H groups in total. The average molecular weight is 460 g/mol. The number of aliphatic hydroxyl groups excluding tert-OH is 1. The van der Waals surface area contributed by atoms with Gasteiger partial charge in [-0.2, -0.15) is 0 Å². The van der Waals surface area contributed by atoms with Crippen molar-refractivity contribution in [3.05, 3.63) is 24.3 Å². The first-order chi connectivity index (χ1) is 15.4. The van der Waals surface area contributed by atoms with E-state index in [4.69, 9.17) is 0 Å². The molecule has 3 fully saturated rings. The van der Waals surface area contributed by atoms with E-state index >= 15 is 0 Å². The Morgan fingerprint density at radius 3 is 2.56 bits per heavy atom. The number of rotatable bonds is 3. The Labute approximate surface area is 193 Å². The summed E-state index contributed by atoms with van der Waals surface area (Å²) in [7, 11) is 1.77. The van der Waals surface area contributed by atoms with Crippen LogP contribution in [0.15, 0.2) is 24.3 Å². The Hall–Kier alpha value is -1.80. The van der Waals surface area contributed by atoms with Crippen molar-refractivity contribution in [3.63, 3.8) is 0 Å². The van der Waals surface area contributed by atoms with Gasteiger partial charge in [-0.3, -0.25) is 14.4 Å². The highest BCUT2D eigenvalue weighted by Gasteiger charge is 2.71. The molecule has 1 saturated carbocycles. The van der Waals surface area contributed by atoms with Gasteiger partial charge in [0.25, 0.3) is 0 Å². The molecule has 2 saturated heterocycles. The maximum atomic E-state index is 14.1. The second-order valence-corrected chi connectivity index (χ2v) is 11.4. The number of aliphatic hydroxyl groups is 1. The number of likely N-dealkylation sites (tertiary alicyclic amines) is 1. The summed E-state index contributed by atoms with van der Waals surface area (Å²) in [6, 6.07) is -0.973. The lowest BCUT2D eigenvalue weighted by molar-refractivity contribution is -0.147. The van der Waals surface area contributed by atoms with E-state index in [2.05, 4.69) is 18.2 Å². The fourth-order valence-corrected chi connectivity index (χ4v) is 8.50. The van der Waals surface area contributed by atoms with Crippen molar-refractivity contribution in [3.8, 4) is 0 Å². The average Bonchev–Trinajstić information content (AvgIpc) is 3.13. The van der Waals surface area contributed by atoms with Crippen molar-refractivity contribution >= 4 is 29.5 Å². The highest BCUT2D eigenvalue weighted by molar-refractivity contribution is 8.02. The summed E-state index contributed by atoms with van der Waals surface area (Å²) in [5.74, 6) is -1.31. The maximum absolute atomic E-state index is 14.1. The first kappa shape index (κ1) is 22.0. The molecule has 7 nitrogen and oxygen atoms in total. The van der Waals surface area contributed by atoms with E-state index in [1.807, 2.05) is 11.0 Å². The van der Waals surface area contributed by atoms with Crippen LogP contribution in [-0.2, 0) is 14.4 Å². The van der Waals surface area contributed by atoms with Crippen LogP contribution in [0.1, 0.15) is 39.0 Å². The number of carbonyl (C=O) groups is 3. The van der Waals surface area contributed by atoms with Gasteiger partial charge in [0.2, 0.25) is 17.7 Å². The molecule has 0 aromatic carbocycles. The molecule has 1 aliphatic carbocycles. The molecule has 0 bridgehead atoms. The lowest BCUT2D eigenvalue weighted by atomic mass is 9.78. The quantitative estimate of drug-likeness (QED) is 0.646. The number of nitrogens with zero attached hydrogens (tertiary/aromatic N) is 3. The first-order valence-electron chi connectivity index (χ1n) is 11.9. The fraction of sp³-hybridized carbons (Fsp3) is 0.708. The van der Waals surface area contributed by atoms with Crippen LogP contribution in [0.2, 0.25) is 0 Å². The molecule has 0 radical (unpaired) electrons. The van der Waals surface area contributed by atoms with Gasteiger partial charge in [-0.05, 0) is 19.8 Å². The fourth-order valence-electron chi connectivity index (χ4n) is 6.50. The number of likely N-dealkylation sites (N-methyl/N-ethyl adjacent to an activating group) is 1. The van der Waals surface area contributed by atoms with Crippen molar-refractivity contribution in [2.45, 2.75) is 67.2 Å². The molecule has 32 heavy (non-hydrogen) atoms. The minimum absolute atomic E-state index is 0.0215. The zero-order chi connectivity index (χ0) is 22.6. The van der Waals surface area contributed by atoms with Crippen LogP contribution in [-0.4, -0.2) is 92.4 Å². The molecule has 174 valence electrons. The molecule has 4 aliphatic heterocycles. The van der Waals surface area contributed by atoms with Gasteiger partial charge in [-0.15, -0.1) is 11.8 Å². The smallest absolute Gasteiger partial charge is 0.247 e. The second kappa shape index (κ2) is 8.20. The molecular formula is C24H33N3O4S. The Morgan fingerprint density at radius 1 is 1.09 bits per heavy atom. The molecule has 3 amide bonds. The maximum Gasteiger partial charge on any atom is 0.247 e. The minimum Gasteiger partial charge on any atom is -0.394 e. The van der Waals surface area contributed by atoms with Gasteiger partial charge in [0.15, 0.2) is 0 Å². The number of hydrogen-bond acceptors (Lipinski definition) is 5. The number of amides is 3. The molecule has 6 atom stereocenters. The van der Waals surface area contributed by atoms with Gasteiger partial charge in [-0.1, -0.05) is 43.6 Å². The molecule has 1 spiro atoms. The van der Waals surface area contributed by atoms with Gasteiger partial charge >= 0.3 is 0 Å². The summed E-state index contributed by atoms with van der Waals surface area (Å²) in [4.78, 5) is 46.7. The lowest BCUT2D eigenvalue weighted by Gasteiger charge is -2.40. The van der Waals surface area contributed by atoms with E-state index < -0.39 is 28.7 Å². The molecule has 5 rings (SSSR count). The van der Waals surface area contributed by atoms with Crippen LogP contribution in [0, 0.1) is 11.8 Å². The summed E-state index contributed by atoms with van der Waals surface area (Å²) >= 11 is 1.60. The summed E-state index contributed by atoms with van der Waals surface area (Å²) in [5.41, 5.74) is 0. The van der Waals surface area contributed by atoms with E-state index in [1.54, 1.807) is 35.5 Å². The standard InChI is InChI=1S/C24H33N3O4S/c1-15(14-28)27-20-23(31)26(16-8-4-3-5-9-16)13-7-11-24(20)19(22(27)30)18-17(32-24)10-6-12-25(2)21(18)29/h6-7,10-11,15-20,28H,3-5,8-9,12-14H2,1-2H3/t15-,17+,18-,19+,20?,24+/m1/s1. The van der Waals surface area contributed by atoms with E-state index in [1.165, 1.54) is 6.42 Å². The Bertz CT molecular complexity index is 869. The van der Waals surface area contributed by atoms with Crippen molar-refractivity contribution in [1.29, 1.82) is 0 Å². The zero-order valence-corrected chi connectivity index (χ0v) is 19.7. The van der Waals surface area contributed by atoms with Crippen molar-refractivity contribution in [2.24, 2.45) is 11.8 Å². The van der Waals surface area contributed by atoms with Gasteiger partial charge in [0.1, 0.15) is 6.04 Å². The van der Waals surface area contributed by atoms with Crippen LogP contribution < -0.4 is 0 Å². The summed E-state index contributed by atoms with van der Waals surface area (Å²) in [6.45, 7) is 2.66. The number of carbonyl (C=O) groups excluding carboxylic acids is 3. The Kier molecular flexibility index (Phi) is 5.64. The molecule has 8 heteroatoms. The van der Waals surface area contributed by atoms with E-state index in [0.29, 0.717) is 13.1 Å². The van der Waals surface area contributed by atoms with E-state index in [0.717, 1.165) is 25.7 Å². The highest BCUT2D eigenvalue weighted by atomic mass is 32.2. The summed E-state index contributed by atoms with van der Waals surface area (Å²) in [5, 5.41) is 9.85. The van der Waals surface area contributed by atoms with Crippen molar-refractivity contribution < 1.29 is 19.5 Å². The largest absolute Gasteiger partial charge is 0.394 e. The molecule has 0 aromatic rings. The predicted octanol–water partition coefficient (Wildman–Crippen LogP) is 1.42. The monoisotopic (exact) mass is 459 g/mol.